The fourth-order valence-corrected chi connectivity index (χ4v) is 3.65. The summed E-state index contributed by atoms with van der Waals surface area (Å²) in [4.78, 5) is 10.3. The van der Waals surface area contributed by atoms with E-state index in [1.165, 1.54) is 0 Å². The van der Waals surface area contributed by atoms with Gasteiger partial charge in [0, 0.05) is 6.54 Å². The average Bonchev–Trinajstić information content (AvgIpc) is 3.17. The van der Waals surface area contributed by atoms with Crippen LogP contribution >= 0.6 is 0 Å². The van der Waals surface area contributed by atoms with E-state index in [0.717, 1.165) is 43.9 Å². The zero-order valence-corrected chi connectivity index (χ0v) is 12.5. The van der Waals surface area contributed by atoms with Crippen molar-refractivity contribution in [3.8, 4) is 0 Å². The Labute approximate surface area is 123 Å². The number of carboxylic acid groups (broad SMARTS) is 1. The molecule has 0 atom stereocenters. The van der Waals surface area contributed by atoms with E-state index in [1.807, 2.05) is 6.92 Å². The van der Waals surface area contributed by atoms with Crippen LogP contribution in [0.1, 0.15) is 43.0 Å². The van der Waals surface area contributed by atoms with Crippen LogP contribution in [0.4, 0.5) is 4.39 Å². The zero-order chi connectivity index (χ0) is 15.7. The minimum Gasteiger partial charge on any atom is -0.478 e. The first-order valence-electron chi connectivity index (χ1n) is 6.82. The lowest BCUT2D eigenvalue weighted by atomic mass is 10.0. The SMILES string of the molecule is CCCC1(CNS(=O)(=O)c2cc(C(=O)O)ccc2F)CC1. The molecule has 0 aromatic heterocycles. The Kier molecular flexibility index (Phi) is 4.34. The molecule has 0 spiro atoms. The Morgan fingerprint density at radius 2 is 2.10 bits per heavy atom. The van der Waals surface area contributed by atoms with Crippen LogP contribution in [0.3, 0.4) is 0 Å². The van der Waals surface area contributed by atoms with Gasteiger partial charge >= 0.3 is 5.97 Å². The largest absolute Gasteiger partial charge is 0.478 e. The smallest absolute Gasteiger partial charge is 0.335 e. The standard InChI is InChI=1S/C14H18FNO4S/c1-2-5-14(6-7-14)9-16-21(19,20)12-8-10(13(17)18)3-4-11(12)15/h3-4,8,16H,2,5-7,9H2,1H3,(H,17,18). The van der Waals surface area contributed by atoms with Crippen molar-refractivity contribution in [2.45, 2.75) is 37.5 Å². The molecule has 1 aliphatic carbocycles. The molecule has 0 aliphatic heterocycles. The Morgan fingerprint density at radius 3 is 2.62 bits per heavy atom. The van der Waals surface area contributed by atoms with Gasteiger partial charge in [0.05, 0.1) is 5.56 Å². The van der Waals surface area contributed by atoms with Crippen LogP contribution in [0, 0.1) is 11.2 Å². The van der Waals surface area contributed by atoms with Crippen molar-refractivity contribution in [2.75, 3.05) is 6.54 Å². The Balaban J connectivity index is 2.19. The highest BCUT2D eigenvalue weighted by Crippen LogP contribution is 2.49. The summed E-state index contributed by atoms with van der Waals surface area (Å²) in [6, 6.07) is 2.74. The number of hydrogen-bond donors (Lipinski definition) is 2. The predicted molar refractivity (Wildman–Crippen MR) is 75.1 cm³/mol. The molecule has 5 nitrogen and oxygen atoms in total. The van der Waals surface area contributed by atoms with Gasteiger partial charge in [-0.3, -0.25) is 0 Å². The Bertz CT molecular complexity index is 653. The van der Waals surface area contributed by atoms with E-state index in [-0.39, 0.29) is 17.5 Å². The first-order valence-corrected chi connectivity index (χ1v) is 8.30. The topological polar surface area (TPSA) is 83.5 Å². The second kappa shape index (κ2) is 5.73. The van der Waals surface area contributed by atoms with Gasteiger partial charge in [0.15, 0.2) is 0 Å². The number of nitrogens with one attached hydrogen (secondary N) is 1. The summed E-state index contributed by atoms with van der Waals surface area (Å²) >= 11 is 0. The second-order valence-electron chi connectivity index (χ2n) is 5.52. The molecule has 0 heterocycles. The lowest BCUT2D eigenvalue weighted by Gasteiger charge is -2.15. The first kappa shape index (κ1) is 15.9. The van der Waals surface area contributed by atoms with Gasteiger partial charge in [-0.25, -0.2) is 22.3 Å². The third-order valence-corrected chi connectivity index (χ3v) is 5.26. The maximum absolute atomic E-state index is 13.7. The molecular weight excluding hydrogens is 297 g/mol. The average molecular weight is 315 g/mol. The summed E-state index contributed by atoms with van der Waals surface area (Å²) in [5.41, 5.74) is -0.269. The van der Waals surface area contributed by atoms with Crippen molar-refractivity contribution in [1.82, 2.24) is 4.72 Å². The molecule has 2 rings (SSSR count). The van der Waals surface area contributed by atoms with Gasteiger partial charge in [0.2, 0.25) is 10.0 Å². The highest BCUT2D eigenvalue weighted by Gasteiger charge is 2.42. The highest BCUT2D eigenvalue weighted by molar-refractivity contribution is 7.89. The van der Waals surface area contributed by atoms with Gasteiger partial charge in [-0.2, -0.15) is 0 Å². The number of halogens is 1. The molecule has 1 aromatic rings. The van der Waals surface area contributed by atoms with Crippen LogP contribution in [-0.2, 0) is 10.0 Å². The van der Waals surface area contributed by atoms with Crippen molar-refractivity contribution >= 4 is 16.0 Å². The van der Waals surface area contributed by atoms with Gasteiger partial charge in [0.1, 0.15) is 10.7 Å². The van der Waals surface area contributed by atoms with Gasteiger partial charge in [-0.05, 0) is 42.9 Å². The van der Waals surface area contributed by atoms with E-state index in [2.05, 4.69) is 4.72 Å². The molecule has 0 unspecified atom stereocenters. The molecular formula is C14H18FNO4S. The lowest BCUT2D eigenvalue weighted by Crippen LogP contribution is -2.31. The van der Waals surface area contributed by atoms with Crippen molar-refractivity contribution in [3.05, 3.63) is 29.6 Å². The maximum atomic E-state index is 13.7. The van der Waals surface area contributed by atoms with Crippen LogP contribution in [0.15, 0.2) is 23.1 Å². The van der Waals surface area contributed by atoms with Crippen molar-refractivity contribution < 1.29 is 22.7 Å². The van der Waals surface area contributed by atoms with Gasteiger partial charge in [-0.1, -0.05) is 13.3 Å². The maximum Gasteiger partial charge on any atom is 0.335 e. The molecule has 1 aromatic carbocycles. The fourth-order valence-electron chi connectivity index (χ4n) is 2.39. The molecule has 1 fully saturated rings. The van der Waals surface area contributed by atoms with Gasteiger partial charge < -0.3 is 5.11 Å². The summed E-state index contributed by atoms with van der Waals surface area (Å²) in [5, 5.41) is 8.87. The quantitative estimate of drug-likeness (QED) is 0.809. The molecule has 0 bridgehead atoms. The number of hydrogen-bond acceptors (Lipinski definition) is 3. The number of sulfonamides is 1. The monoisotopic (exact) mass is 315 g/mol. The number of rotatable bonds is 7. The van der Waals surface area contributed by atoms with E-state index < -0.39 is 26.7 Å². The van der Waals surface area contributed by atoms with Crippen LogP contribution in [0.2, 0.25) is 0 Å². The normalized spacial score (nSPS) is 16.7. The Hall–Kier alpha value is -1.47. The molecule has 1 saturated carbocycles. The molecule has 0 amide bonds. The number of carbonyl (C=O) groups is 1. The van der Waals surface area contributed by atoms with Crippen LogP contribution in [-0.4, -0.2) is 26.0 Å². The second-order valence-corrected chi connectivity index (χ2v) is 7.26. The summed E-state index contributed by atoms with van der Waals surface area (Å²) in [7, 11) is -4.05. The van der Waals surface area contributed by atoms with Crippen molar-refractivity contribution in [2.24, 2.45) is 5.41 Å². The van der Waals surface area contributed by atoms with E-state index in [1.54, 1.807) is 0 Å². The third-order valence-electron chi connectivity index (χ3n) is 3.84. The third kappa shape index (κ3) is 3.59. The number of benzene rings is 1. The van der Waals surface area contributed by atoms with Crippen LogP contribution in [0.25, 0.3) is 0 Å². The Morgan fingerprint density at radius 1 is 1.43 bits per heavy atom. The molecule has 0 saturated heterocycles. The van der Waals surface area contributed by atoms with Crippen LogP contribution in [0.5, 0.6) is 0 Å². The summed E-state index contributed by atoms with van der Waals surface area (Å²) in [6.07, 6.45) is 3.81. The van der Waals surface area contributed by atoms with Crippen molar-refractivity contribution in [1.29, 1.82) is 0 Å². The van der Waals surface area contributed by atoms with E-state index in [9.17, 15) is 17.6 Å². The fraction of sp³-hybridized carbons (Fsp3) is 0.500. The van der Waals surface area contributed by atoms with Crippen LogP contribution < -0.4 is 4.72 Å². The molecule has 116 valence electrons. The van der Waals surface area contributed by atoms with E-state index in [0.29, 0.717) is 0 Å². The summed E-state index contributed by atoms with van der Waals surface area (Å²) in [5.74, 6) is -2.25. The zero-order valence-electron chi connectivity index (χ0n) is 11.7. The molecule has 1 aliphatic rings. The molecule has 21 heavy (non-hydrogen) atoms. The number of aromatic carboxylic acids is 1. The minimum absolute atomic E-state index is 0.0112. The highest BCUT2D eigenvalue weighted by atomic mass is 32.2. The van der Waals surface area contributed by atoms with Gasteiger partial charge in [0.25, 0.3) is 0 Å². The first-order chi connectivity index (χ1) is 9.80. The molecule has 7 heteroatoms. The van der Waals surface area contributed by atoms with Gasteiger partial charge in [-0.15, -0.1) is 0 Å². The number of carboxylic acids is 1. The molecule has 2 N–H and O–H groups in total. The molecule has 0 radical (unpaired) electrons. The summed E-state index contributed by atoms with van der Waals surface area (Å²) in [6.45, 7) is 2.30. The predicted octanol–water partition coefficient (Wildman–Crippen LogP) is 2.38. The van der Waals surface area contributed by atoms with E-state index in [4.69, 9.17) is 5.11 Å². The lowest BCUT2D eigenvalue weighted by molar-refractivity contribution is 0.0696. The van der Waals surface area contributed by atoms with Crippen molar-refractivity contribution in [3.63, 3.8) is 0 Å². The minimum atomic E-state index is -4.05. The summed E-state index contributed by atoms with van der Waals surface area (Å²) < 4.78 is 40.4. The van der Waals surface area contributed by atoms with E-state index >= 15 is 0 Å².